The van der Waals surface area contributed by atoms with E-state index in [1.165, 1.54) is 45.0 Å². The Bertz CT molecular complexity index is 510. The summed E-state index contributed by atoms with van der Waals surface area (Å²) in [6, 6.07) is 7.49. The number of amides is 3. The highest BCUT2D eigenvalue weighted by Gasteiger charge is 2.09. The van der Waals surface area contributed by atoms with Crippen LogP contribution in [0.15, 0.2) is 24.3 Å². The van der Waals surface area contributed by atoms with Crippen molar-refractivity contribution in [1.82, 2.24) is 15.5 Å². The van der Waals surface area contributed by atoms with E-state index in [1.54, 1.807) is 0 Å². The Morgan fingerprint density at radius 3 is 2.43 bits per heavy atom. The first kappa shape index (κ1) is 17.3. The molecule has 1 aliphatic heterocycles. The Kier molecular flexibility index (Phi) is 6.87. The fourth-order valence-corrected chi connectivity index (χ4v) is 2.65. The quantitative estimate of drug-likeness (QED) is 0.745. The lowest BCUT2D eigenvalue weighted by Gasteiger charge is -2.26. The van der Waals surface area contributed by atoms with Crippen molar-refractivity contribution >= 4 is 17.6 Å². The van der Waals surface area contributed by atoms with Crippen LogP contribution in [-0.4, -0.2) is 50.1 Å². The molecule has 23 heavy (non-hydrogen) atoms. The molecule has 1 heterocycles. The van der Waals surface area contributed by atoms with Gasteiger partial charge in [-0.25, -0.2) is 4.79 Å². The van der Waals surface area contributed by atoms with Gasteiger partial charge in [0.2, 0.25) is 5.91 Å². The van der Waals surface area contributed by atoms with Crippen molar-refractivity contribution < 1.29 is 9.59 Å². The number of nitrogens with zero attached hydrogens (tertiary/aromatic N) is 1. The van der Waals surface area contributed by atoms with Crippen LogP contribution in [-0.2, 0) is 11.2 Å². The number of carbonyl (C=O) groups excluding carboxylic acids is 2. The zero-order chi connectivity index (χ0) is 16.5. The third kappa shape index (κ3) is 6.28. The first-order valence-electron chi connectivity index (χ1n) is 8.24. The lowest BCUT2D eigenvalue weighted by Crippen LogP contribution is -2.37. The molecule has 0 spiro atoms. The number of rotatable bonds is 6. The van der Waals surface area contributed by atoms with E-state index >= 15 is 0 Å². The predicted molar refractivity (Wildman–Crippen MR) is 91.5 cm³/mol. The van der Waals surface area contributed by atoms with Gasteiger partial charge in [0.05, 0.1) is 6.54 Å². The number of benzene rings is 1. The summed E-state index contributed by atoms with van der Waals surface area (Å²) in [5.74, 6) is -0.229. The second kappa shape index (κ2) is 9.15. The Morgan fingerprint density at radius 2 is 1.78 bits per heavy atom. The number of likely N-dealkylation sites (N-methyl/N-ethyl adjacent to an activating group) is 1. The summed E-state index contributed by atoms with van der Waals surface area (Å²) in [6.07, 6.45) is 5.02. The van der Waals surface area contributed by atoms with Crippen molar-refractivity contribution in [1.29, 1.82) is 0 Å². The summed E-state index contributed by atoms with van der Waals surface area (Å²) in [4.78, 5) is 25.2. The van der Waals surface area contributed by atoms with Gasteiger partial charge in [0.1, 0.15) is 0 Å². The van der Waals surface area contributed by atoms with Crippen LogP contribution in [0.5, 0.6) is 0 Å². The Morgan fingerprint density at radius 1 is 1.09 bits per heavy atom. The highest BCUT2D eigenvalue weighted by molar-refractivity contribution is 5.92. The molecule has 2 rings (SSSR count). The van der Waals surface area contributed by atoms with Crippen LogP contribution < -0.4 is 16.0 Å². The second-order valence-electron chi connectivity index (χ2n) is 5.83. The summed E-state index contributed by atoms with van der Waals surface area (Å²) in [7, 11) is 1.53. The molecule has 0 saturated carbocycles. The average molecular weight is 318 g/mol. The fourth-order valence-electron chi connectivity index (χ4n) is 2.65. The monoisotopic (exact) mass is 318 g/mol. The van der Waals surface area contributed by atoms with Gasteiger partial charge >= 0.3 is 6.03 Å². The summed E-state index contributed by atoms with van der Waals surface area (Å²) in [6.45, 7) is 3.49. The minimum absolute atomic E-state index is 0.0315. The molecular formula is C17H26N4O2. The van der Waals surface area contributed by atoms with Crippen molar-refractivity contribution in [3.63, 3.8) is 0 Å². The lowest BCUT2D eigenvalue weighted by atomic mass is 10.1. The van der Waals surface area contributed by atoms with E-state index in [0.717, 1.165) is 18.7 Å². The summed E-state index contributed by atoms with van der Waals surface area (Å²) in [5, 5.41) is 7.66. The molecule has 0 aliphatic carbocycles. The standard InChI is InChI=1S/C17H26N4O2/c1-18-16(22)13-19-17(23)20-15-7-5-14(6-8-15)9-12-21-10-3-2-4-11-21/h5-8H,2-4,9-13H2,1H3,(H,18,22)(H2,19,20,23). The highest BCUT2D eigenvalue weighted by atomic mass is 16.2. The molecule has 3 N–H and O–H groups in total. The van der Waals surface area contributed by atoms with E-state index in [9.17, 15) is 9.59 Å². The third-order valence-corrected chi connectivity index (χ3v) is 4.07. The van der Waals surface area contributed by atoms with Gasteiger partial charge in [-0.15, -0.1) is 0 Å². The minimum Gasteiger partial charge on any atom is -0.358 e. The molecule has 0 bridgehead atoms. The van der Waals surface area contributed by atoms with Gasteiger partial charge in [-0.05, 0) is 50.0 Å². The Labute approximate surface area is 137 Å². The molecule has 0 aromatic heterocycles. The predicted octanol–water partition coefficient (Wildman–Crippen LogP) is 1.58. The topological polar surface area (TPSA) is 73.5 Å². The van der Waals surface area contributed by atoms with Crippen LogP contribution in [0.1, 0.15) is 24.8 Å². The van der Waals surface area contributed by atoms with Crippen LogP contribution in [0.2, 0.25) is 0 Å². The van der Waals surface area contributed by atoms with Crippen molar-refractivity contribution in [2.45, 2.75) is 25.7 Å². The maximum Gasteiger partial charge on any atom is 0.319 e. The number of hydrogen-bond acceptors (Lipinski definition) is 3. The van der Waals surface area contributed by atoms with E-state index < -0.39 is 0 Å². The van der Waals surface area contributed by atoms with Crippen molar-refractivity contribution in [2.75, 3.05) is 38.5 Å². The molecule has 1 aromatic carbocycles. The van der Waals surface area contributed by atoms with Crippen molar-refractivity contribution in [2.24, 2.45) is 0 Å². The van der Waals surface area contributed by atoms with E-state index in [0.29, 0.717) is 0 Å². The van der Waals surface area contributed by atoms with Crippen molar-refractivity contribution in [3.05, 3.63) is 29.8 Å². The number of piperidine rings is 1. The first-order chi connectivity index (χ1) is 11.2. The van der Waals surface area contributed by atoms with Gasteiger partial charge in [-0.1, -0.05) is 18.6 Å². The molecule has 6 nitrogen and oxygen atoms in total. The van der Waals surface area contributed by atoms with Gasteiger partial charge < -0.3 is 20.9 Å². The number of nitrogens with one attached hydrogen (secondary N) is 3. The number of urea groups is 1. The fraction of sp³-hybridized carbons (Fsp3) is 0.529. The molecule has 1 aliphatic rings. The Hall–Kier alpha value is -2.08. The Balaban J connectivity index is 1.73. The van der Waals surface area contributed by atoms with Crippen LogP contribution >= 0.6 is 0 Å². The normalized spacial score (nSPS) is 15.0. The maximum atomic E-state index is 11.6. The van der Waals surface area contributed by atoms with Crippen LogP contribution in [0.3, 0.4) is 0 Å². The molecule has 1 aromatic rings. The van der Waals surface area contributed by atoms with Gasteiger partial charge in [0.15, 0.2) is 0 Å². The molecule has 6 heteroatoms. The largest absolute Gasteiger partial charge is 0.358 e. The summed E-state index contributed by atoms with van der Waals surface area (Å²) >= 11 is 0. The molecule has 126 valence electrons. The molecule has 0 atom stereocenters. The number of anilines is 1. The summed E-state index contributed by atoms with van der Waals surface area (Å²) in [5.41, 5.74) is 1.99. The lowest BCUT2D eigenvalue weighted by molar-refractivity contribution is -0.119. The smallest absolute Gasteiger partial charge is 0.319 e. The molecule has 1 saturated heterocycles. The highest BCUT2D eigenvalue weighted by Crippen LogP contribution is 2.12. The van der Waals surface area contributed by atoms with E-state index in [2.05, 4.69) is 20.9 Å². The average Bonchev–Trinajstić information content (AvgIpc) is 2.60. The first-order valence-corrected chi connectivity index (χ1v) is 8.24. The van der Waals surface area contributed by atoms with Crippen LogP contribution in [0, 0.1) is 0 Å². The zero-order valence-electron chi connectivity index (χ0n) is 13.7. The summed E-state index contributed by atoms with van der Waals surface area (Å²) < 4.78 is 0. The number of carbonyl (C=O) groups is 2. The molecule has 1 fully saturated rings. The molecule has 3 amide bonds. The molecular weight excluding hydrogens is 292 g/mol. The molecule has 0 unspecified atom stereocenters. The maximum absolute atomic E-state index is 11.6. The van der Waals surface area contributed by atoms with Gasteiger partial charge in [0.25, 0.3) is 0 Å². The van der Waals surface area contributed by atoms with E-state index in [4.69, 9.17) is 0 Å². The van der Waals surface area contributed by atoms with Crippen LogP contribution in [0.4, 0.5) is 10.5 Å². The third-order valence-electron chi connectivity index (χ3n) is 4.07. The van der Waals surface area contributed by atoms with Crippen LogP contribution in [0.25, 0.3) is 0 Å². The van der Waals surface area contributed by atoms with Crippen molar-refractivity contribution in [3.8, 4) is 0 Å². The zero-order valence-corrected chi connectivity index (χ0v) is 13.7. The van der Waals surface area contributed by atoms with E-state index in [1.807, 2.05) is 24.3 Å². The molecule has 0 radical (unpaired) electrons. The number of hydrogen-bond donors (Lipinski definition) is 3. The minimum atomic E-state index is -0.380. The van der Waals surface area contributed by atoms with E-state index in [-0.39, 0.29) is 18.5 Å². The van der Waals surface area contributed by atoms with Gasteiger partial charge in [-0.2, -0.15) is 0 Å². The van der Waals surface area contributed by atoms with Gasteiger partial charge in [0, 0.05) is 19.3 Å². The second-order valence-corrected chi connectivity index (χ2v) is 5.83. The van der Waals surface area contributed by atoms with Gasteiger partial charge in [-0.3, -0.25) is 4.79 Å². The SMILES string of the molecule is CNC(=O)CNC(=O)Nc1ccc(CCN2CCCCC2)cc1. The number of likely N-dealkylation sites (tertiary alicyclic amines) is 1.